The van der Waals surface area contributed by atoms with E-state index >= 15 is 0 Å². The van der Waals surface area contributed by atoms with Crippen LogP contribution >= 0.6 is 0 Å². The minimum atomic E-state index is 0.124. The molecule has 1 aromatic heterocycles. The molecule has 1 unspecified atom stereocenters. The number of carbonyl (C=O) groups excluding carboxylic acids is 1. The third kappa shape index (κ3) is 4.81. The lowest BCUT2D eigenvalue weighted by Gasteiger charge is -2.25. The van der Waals surface area contributed by atoms with Crippen LogP contribution in [-0.2, 0) is 17.6 Å². The topological polar surface area (TPSA) is 36.4 Å². The van der Waals surface area contributed by atoms with E-state index < -0.39 is 0 Å². The fourth-order valence-electron chi connectivity index (χ4n) is 2.42. The van der Waals surface area contributed by atoms with Crippen LogP contribution in [0, 0.1) is 0 Å². The highest BCUT2D eigenvalue weighted by molar-refractivity contribution is 5.79. The van der Waals surface area contributed by atoms with E-state index in [9.17, 15) is 4.79 Å². The monoisotopic (exact) mass is 311 g/mol. The average molecular weight is 311 g/mol. The van der Waals surface area contributed by atoms with Crippen molar-refractivity contribution in [2.24, 2.45) is 0 Å². The number of nitrogens with zero attached hydrogens (tertiary/aromatic N) is 3. The van der Waals surface area contributed by atoms with Gasteiger partial charge < -0.3 is 9.80 Å². The molecule has 0 aliphatic rings. The molecule has 122 valence electrons. The van der Waals surface area contributed by atoms with Gasteiger partial charge in [-0.05, 0) is 36.8 Å². The summed E-state index contributed by atoms with van der Waals surface area (Å²) < 4.78 is 0. The van der Waals surface area contributed by atoms with Crippen molar-refractivity contribution in [3.05, 3.63) is 59.9 Å². The lowest BCUT2D eigenvalue weighted by atomic mass is 10.1. The Morgan fingerprint density at radius 3 is 2.35 bits per heavy atom. The second kappa shape index (κ2) is 7.77. The van der Waals surface area contributed by atoms with Crippen LogP contribution in [0.4, 0.5) is 5.69 Å². The number of rotatable bonds is 6. The summed E-state index contributed by atoms with van der Waals surface area (Å²) in [4.78, 5) is 20.6. The van der Waals surface area contributed by atoms with E-state index in [1.54, 1.807) is 6.20 Å². The molecule has 1 amide bonds. The van der Waals surface area contributed by atoms with Gasteiger partial charge in [0.1, 0.15) is 0 Å². The minimum absolute atomic E-state index is 0.124. The van der Waals surface area contributed by atoms with Gasteiger partial charge in [-0.15, -0.1) is 0 Å². The first-order valence-corrected chi connectivity index (χ1v) is 7.89. The SMILES string of the molecule is CC(Cc1ccccn1)N(C)C(=O)Cc1ccc(N(C)C)cc1. The van der Waals surface area contributed by atoms with Gasteiger partial charge in [0, 0.05) is 51.2 Å². The van der Waals surface area contributed by atoms with Gasteiger partial charge in [0.2, 0.25) is 5.91 Å². The van der Waals surface area contributed by atoms with Gasteiger partial charge in [0.25, 0.3) is 0 Å². The average Bonchev–Trinajstić information content (AvgIpc) is 2.55. The maximum absolute atomic E-state index is 12.5. The number of carbonyl (C=O) groups is 1. The molecule has 2 rings (SSSR count). The zero-order valence-corrected chi connectivity index (χ0v) is 14.4. The molecule has 0 saturated carbocycles. The van der Waals surface area contributed by atoms with Crippen LogP contribution in [0.5, 0.6) is 0 Å². The molecule has 2 aromatic rings. The highest BCUT2D eigenvalue weighted by Gasteiger charge is 2.17. The smallest absolute Gasteiger partial charge is 0.226 e. The maximum Gasteiger partial charge on any atom is 0.226 e. The molecule has 0 N–H and O–H groups in total. The fraction of sp³-hybridized carbons (Fsp3) is 0.368. The van der Waals surface area contributed by atoms with E-state index in [1.165, 1.54) is 0 Å². The predicted molar refractivity (Wildman–Crippen MR) is 94.6 cm³/mol. The minimum Gasteiger partial charge on any atom is -0.378 e. The molecule has 23 heavy (non-hydrogen) atoms. The van der Waals surface area contributed by atoms with Crippen molar-refractivity contribution < 1.29 is 4.79 Å². The number of amides is 1. The van der Waals surface area contributed by atoms with Crippen molar-refractivity contribution in [2.45, 2.75) is 25.8 Å². The molecule has 0 radical (unpaired) electrons. The van der Waals surface area contributed by atoms with Crippen LogP contribution in [0.3, 0.4) is 0 Å². The van der Waals surface area contributed by atoms with Crippen LogP contribution in [0.25, 0.3) is 0 Å². The first-order valence-electron chi connectivity index (χ1n) is 7.89. The van der Waals surface area contributed by atoms with Crippen LogP contribution in [0.15, 0.2) is 48.7 Å². The second-order valence-corrected chi connectivity index (χ2v) is 6.12. The first kappa shape index (κ1) is 17.0. The number of hydrogen-bond acceptors (Lipinski definition) is 3. The van der Waals surface area contributed by atoms with Crippen molar-refractivity contribution in [2.75, 3.05) is 26.0 Å². The van der Waals surface area contributed by atoms with E-state index in [1.807, 2.05) is 73.4 Å². The standard InChI is InChI=1S/C19H25N3O/c1-15(13-17-7-5-6-12-20-17)22(4)19(23)14-16-8-10-18(11-9-16)21(2)3/h5-12,15H,13-14H2,1-4H3. The molecular formula is C19H25N3O. The van der Waals surface area contributed by atoms with E-state index in [2.05, 4.69) is 11.9 Å². The van der Waals surface area contributed by atoms with Crippen LogP contribution in [0.1, 0.15) is 18.2 Å². The molecule has 0 bridgehead atoms. The van der Waals surface area contributed by atoms with E-state index in [-0.39, 0.29) is 11.9 Å². The molecule has 0 fully saturated rings. The van der Waals surface area contributed by atoms with Crippen molar-refractivity contribution in [3.8, 4) is 0 Å². The lowest BCUT2D eigenvalue weighted by Crippen LogP contribution is -2.37. The zero-order chi connectivity index (χ0) is 16.8. The Balaban J connectivity index is 1.93. The fourth-order valence-corrected chi connectivity index (χ4v) is 2.42. The third-order valence-corrected chi connectivity index (χ3v) is 4.09. The van der Waals surface area contributed by atoms with Crippen LogP contribution in [0.2, 0.25) is 0 Å². The van der Waals surface area contributed by atoms with E-state index in [0.29, 0.717) is 6.42 Å². The Kier molecular flexibility index (Phi) is 5.74. The highest BCUT2D eigenvalue weighted by Crippen LogP contribution is 2.14. The summed E-state index contributed by atoms with van der Waals surface area (Å²) in [5.74, 6) is 0.131. The van der Waals surface area contributed by atoms with Crippen LogP contribution in [-0.4, -0.2) is 43.0 Å². The molecule has 0 spiro atoms. The van der Waals surface area contributed by atoms with Gasteiger partial charge in [-0.1, -0.05) is 18.2 Å². The predicted octanol–water partition coefficient (Wildman–Crippen LogP) is 2.78. The number of aromatic nitrogens is 1. The number of likely N-dealkylation sites (N-methyl/N-ethyl adjacent to an activating group) is 1. The Labute approximate surface area is 138 Å². The molecule has 1 heterocycles. The Morgan fingerprint density at radius 1 is 1.09 bits per heavy atom. The van der Waals surface area contributed by atoms with Gasteiger partial charge >= 0.3 is 0 Å². The van der Waals surface area contributed by atoms with Gasteiger partial charge in [-0.2, -0.15) is 0 Å². The normalized spacial score (nSPS) is 11.8. The molecule has 1 atom stereocenters. The summed E-state index contributed by atoms with van der Waals surface area (Å²) in [6.07, 6.45) is 2.98. The number of pyridine rings is 1. The molecule has 4 heteroatoms. The summed E-state index contributed by atoms with van der Waals surface area (Å²) >= 11 is 0. The van der Waals surface area contributed by atoms with Crippen molar-refractivity contribution >= 4 is 11.6 Å². The summed E-state index contributed by atoms with van der Waals surface area (Å²) in [6.45, 7) is 2.06. The van der Waals surface area contributed by atoms with E-state index in [0.717, 1.165) is 23.4 Å². The van der Waals surface area contributed by atoms with Crippen molar-refractivity contribution in [1.29, 1.82) is 0 Å². The summed E-state index contributed by atoms with van der Waals surface area (Å²) in [7, 11) is 5.88. The van der Waals surface area contributed by atoms with Gasteiger partial charge in [-0.3, -0.25) is 9.78 Å². The lowest BCUT2D eigenvalue weighted by molar-refractivity contribution is -0.130. The summed E-state index contributed by atoms with van der Waals surface area (Å²) in [6, 6.07) is 14.1. The second-order valence-electron chi connectivity index (χ2n) is 6.12. The molecule has 1 aromatic carbocycles. The van der Waals surface area contributed by atoms with Gasteiger partial charge in [0.05, 0.1) is 6.42 Å². The largest absolute Gasteiger partial charge is 0.378 e. The quantitative estimate of drug-likeness (QED) is 0.823. The Hall–Kier alpha value is -2.36. The van der Waals surface area contributed by atoms with Gasteiger partial charge in [-0.25, -0.2) is 0 Å². The van der Waals surface area contributed by atoms with Crippen molar-refractivity contribution in [3.63, 3.8) is 0 Å². The number of benzene rings is 1. The molecular weight excluding hydrogens is 286 g/mol. The highest BCUT2D eigenvalue weighted by atomic mass is 16.2. The van der Waals surface area contributed by atoms with Gasteiger partial charge in [0.15, 0.2) is 0 Å². The van der Waals surface area contributed by atoms with Crippen molar-refractivity contribution in [1.82, 2.24) is 9.88 Å². The third-order valence-electron chi connectivity index (χ3n) is 4.09. The number of hydrogen-bond donors (Lipinski definition) is 0. The molecule has 0 saturated heterocycles. The Bertz CT molecular complexity index is 623. The number of anilines is 1. The van der Waals surface area contributed by atoms with Crippen LogP contribution < -0.4 is 4.90 Å². The molecule has 4 nitrogen and oxygen atoms in total. The first-order chi connectivity index (χ1) is 11.0. The Morgan fingerprint density at radius 2 is 1.78 bits per heavy atom. The summed E-state index contributed by atoms with van der Waals surface area (Å²) in [5.41, 5.74) is 3.19. The molecule has 0 aliphatic heterocycles. The maximum atomic E-state index is 12.5. The van der Waals surface area contributed by atoms with E-state index in [4.69, 9.17) is 0 Å². The molecule has 0 aliphatic carbocycles. The zero-order valence-electron chi connectivity index (χ0n) is 14.4. The summed E-state index contributed by atoms with van der Waals surface area (Å²) in [5, 5.41) is 0.